The number of amides is 2. The van der Waals surface area contributed by atoms with Gasteiger partial charge in [0, 0.05) is 6.20 Å². The minimum absolute atomic E-state index is 0.339. The maximum absolute atomic E-state index is 13.2. The maximum atomic E-state index is 13.2. The molecule has 0 radical (unpaired) electrons. The van der Waals surface area contributed by atoms with E-state index >= 15 is 0 Å². The summed E-state index contributed by atoms with van der Waals surface area (Å²) in [6.07, 6.45) is 2.87. The van der Waals surface area contributed by atoms with Crippen LogP contribution in [0.4, 0.5) is 15.0 Å². The Labute approximate surface area is 116 Å². The third-order valence-electron chi connectivity index (χ3n) is 2.80. The molecule has 2 aromatic rings. The number of urea groups is 1. The Morgan fingerprint density at radius 2 is 2.10 bits per heavy atom. The second-order valence-corrected chi connectivity index (χ2v) is 4.81. The lowest BCUT2D eigenvalue weighted by Gasteiger charge is -2.26. The van der Waals surface area contributed by atoms with E-state index in [-0.39, 0.29) is 5.82 Å². The smallest absolute Gasteiger partial charge is 0.321 e. The number of anilines is 1. The van der Waals surface area contributed by atoms with E-state index in [2.05, 4.69) is 20.6 Å². The number of benzene rings is 1. The number of aromatic nitrogens is 2. The van der Waals surface area contributed by atoms with Crippen molar-refractivity contribution in [1.82, 2.24) is 15.3 Å². The van der Waals surface area contributed by atoms with Gasteiger partial charge in [0.15, 0.2) is 0 Å². The monoisotopic (exact) mass is 274 g/mol. The number of hydrogen-bond donors (Lipinski definition) is 2. The summed E-state index contributed by atoms with van der Waals surface area (Å²) >= 11 is 0. The van der Waals surface area contributed by atoms with Gasteiger partial charge in [0.25, 0.3) is 0 Å². The first kappa shape index (κ1) is 13.9. The minimum Gasteiger partial charge on any atom is -0.329 e. The van der Waals surface area contributed by atoms with E-state index in [0.717, 1.165) is 0 Å². The van der Waals surface area contributed by atoms with Crippen molar-refractivity contribution in [2.75, 3.05) is 5.32 Å². The Bertz CT molecular complexity index is 601. The van der Waals surface area contributed by atoms with E-state index in [1.54, 1.807) is 32.0 Å². The number of carbonyl (C=O) groups is 1. The number of hydrogen-bond acceptors (Lipinski definition) is 3. The van der Waals surface area contributed by atoms with Gasteiger partial charge in [-0.25, -0.2) is 19.2 Å². The highest BCUT2D eigenvalue weighted by Crippen LogP contribution is 2.20. The lowest BCUT2D eigenvalue weighted by Crippen LogP contribution is -2.43. The summed E-state index contributed by atoms with van der Waals surface area (Å²) in [5, 5.41) is 5.36. The Morgan fingerprint density at radius 3 is 2.75 bits per heavy atom. The van der Waals surface area contributed by atoms with E-state index in [1.165, 1.54) is 24.7 Å². The zero-order valence-corrected chi connectivity index (χ0v) is 11.2. The fourth-order valence-electron chi connectivity index (χ4n) is 1.75. The van der Waals surface area contributed by atoms with Crippen LogP contribution in [0.1, 0.15) is 19.4 Å². The molecule has 2 amide bonds. The van der Waals surface area contributed by atoms with Crippen molar-refractivity contribution in [2.24, 2.45) is 0 Å². The van der Waals surface area contributed by atoms with Crippen molar-refractivity contribution >= 4 is 11.8 Å². The first-order valence-electron chi connectivity index (χ1n) is 6.08. The van der Waals surface area contributed by atoms with Gasteiger partial charge in [-0.15, -0.1) is 0 Å². The Balaban J connectivity index is 2.06. The Hall–Kier alpha value is -2.50. The zero-order chi connectivity index (χ0) is 14.6. The molecule has 0 spiro atoms. The number of rotatable bonds is 3. The highest BCUT2D eigenvalue weighted by molar-refractivity contribution is 5.88. The van der Waals surface area contributed by atoms with E-state index in [4.69, 9.17) is 0 Å². The number of nitrogens with zero attached hydrogens (tertiary/aromatic N) is 2. The van der Waals surface area contributed by atoms with Gasteiger partial charge < -0.3 is 5.32 Å². The summed E-state index contributed by atoms with van der Waals surface area (Å²) in [4.78, 5) is 19.6. The molecule has 2 rings (SSSR count). The molecule has 0 saturated heterocycles. The molecule has 0 unspecified atom stereocenters. The largest absolute Gasteiger partial charge is 0.329 e. The molecular weight excluding hydrogens is 259 g/mol. The summed E-state index contributed by atoms with van der Waals surface area (Å²) in [5.41, 5.74) is -0.0329. The Morgan fingerprint density at radius 1 is 1.30 bits per heavy atom. The third-order valence-corrected chi connectivity index (χ3v) is 2.80. The van der Waals surface area contributed by atoms with E-state index in [9.17, 15) is 9.18 Å². The van der Waals surface area contributed by atoms with Crippen LogP contribution in [0.25, 0.3) is 0 Å². The summed E-state index contributed by atoms with van der Waals surface area (Å²) < 4.78 is 13.2. The fraction of sp³-hybridized carbons (Fsp3) is 0.214. The van der Waals surface area contributed by atoms with Crippen LogP contribution in [0.15, 0.2) is 42.9 Å². The quantitative estimate of drug-likeness (QED) is 0.904. The van der Waals surface area contributed by atoms with Gasteiger partial charge in [0.05, 0.1) is 5.54 Å². The van der Waals surface area contributed by atoms with Crippen LogP contribution in [-0.2, 0) is 5.54 Å². The van der Waals surface area contributed by atoms with Gasteiger partial charge in [-0.05, 0) is 37.6 Å². The summed E-state index contributed by atoms with van der Waals surface area (Å²) in [5.74, 6) is 0.0566. The van der Waals surface area contributed by atoms with E-state index in [0.29, 0.717) is 11.4 Å². The molecule has 1 aromatic carbocycles. The lowest BCUT2D eigenvalue weighted by molar-refractivity contribution is 0.241. The number of halogens is 1. The minimum atomic E-state index is -0.709. The first-order valence-corrected chi connectivity index (χ1v) is 6.08. The van der Waals surface area contributed by atoms with Crippen LogP contribution >= 0.6 is 0 Å². The average molecular weight is 274 g/mol. The standard InChI is InChI=1S/C14H15FN4O/c1-14(2,10-4-3-5-11(15)8-10)19-13(20)18-12-6-7-16-9-17-12/h3-9H,1-2H3,(H2,16,17,18,19,20). The Kier molecular flexibility index (Phi) is 3.93. The van der Waals surface area contributed by atoms with Crippen molar-refractivity contribution in [3.05, 3.63) is 54.2 Å². The molecule has 0 aliphatic carbocycles. The molecule has 0 bridgehead atoms. The van der Waals surface area contributed by atoms with E-state index in [1.807, 2.05) is 0 Å². The predicted octanol–water partition coefficient (Wildman–Crippen LogP) is 2.67. The van der Waals surface area contributed by atoms with Gasteiger partial charge in [-0.2, -0.15) is 0 Å². The molecule has 104 valence electrons. The molecule has 5 nitrogen and oxygen atoms in total. The molecule has 0 atom stereocenters. The van der Waals surface area contributed by atoms with Crippen LogP contribution in [0.3, 0.4) is 0 Å². The predicted molar refractivity (Wildman–Crippen MR) is 73.6 cm³/mol. The van der Waals surface area contributed by atoms with Gasteiger partial charge in [0.2, 0.25) is 0 Å². The highest BCUT2D eigenvalue weighted by Gasteiger charge is 2.23. The zero-order valence-electron chi connectivity index (χ0n) is 11.2. The summed E-state index contributed by atoms with van der Waals surface area (Å²) in [6, 6.07) is 7.28. The highest BCUT2D eigenvalue weighted by atomic mass is 19.1. The van der Waals surface area contributed by atoms with Crippen molar-refractivity contribution in [2.45, 2.75) is 19.4 Å². The van der Waals surface area contributed by atoms with Crippen molar-refractivity contribution in [3.63, 3.8) is 0 Å². The maximum Gasteiger partial charge on any atom is 0.321 e. The average Bonchev–Trinajstić information content (AvgIpc) is 2.39. The topological polar surface area (TPSA) is 66.9 Å². The molecule has 1 aromatic heterocycles. The molecule has 2 N–H and O–H groups in total. The van der Waals surface area contributed by atoms with Crippen LogP contribution < -0.4 is 10.6 Å². The van der Waals surface area contributed by atoms with Gasteiger partial charge in [-0.3, -0.25) is 5.32 Å². The lowest BCUT2D eigenvalue weighted by atomic mass is 9.94. The first-order chi connectivity index (χ1) is 9.47. The third kappa shape index (κ3) is 3.50. The molecule has 1 heterocycles. The number of nitrogens with one attached hydrogen (secondary N) is 2. The SMILES string of the molecule is CC(C)(NC(=O)Nc1ccncn1)c1cccc(F)c1. The second-order valence-electron chi connectivity index (χ2n) is 4.81. The van der Waals surface area contributed by atoms with Crippen LogP contribution in [0.5, 0.6) is 0 Å². The van der Waals surface area contributed by atoms with Crippen LogP contribution in [-0.4, -0.2) is 16.0 Å². The normalized spacial score (nSPS) is 10.9. The van der Waals surface area contributed by atoms with Crippen molar-refractivity contribution < 1.29 is 9.18 Å². The van der Waals surface area contributed by atoms with Crippen molar-refractivity contribution in [3.8, 4) is 0 Å². The molecule has 0 fully saturated rings. The summed E-state index contributed by atoms with van der Waals surface area (Å²) in [6.45, 7) is 3.59. The van der Waals surface area contributed by atoms with Crippen LogP contribution in [0, 0.1) is 5.82 Å². The molecule has 6 heteroatoms. The van der Waals surface area contributed by atoms with Gasteiger partial charge in [-0.1, -0.05) is 12.1 Å². The molecule has 0 aliphatic rings. The fourth-order valence-corrected chi connectivity index (χ4v) is 1.75. The molecule has 0 aliphatic heterocycles. The van der Waals surface area contributed by atoms with Gasteiger partial charge in [0.1, 0.15) is 18.0 Å². The van der Waals surface area contributed by atoms with Gasteiger partial charge >= 0.3 is 6.03 Å². The number of carbonyl (C=O) groups excluding carboxylic acids is 1. The summed E-state index contributed by atoms with van der Waals surface area (Å²) in [7, 11) is 0. The molecular formula is C14H15FN4O. The molecule has 0 saturated carbocycles. The van der Waals surface area contributed by atoms with E-state index < -0.39 is 11.6 Å². The van der Waals surface area contributed by atoms with Crippen molar-refractivity contribution in [1.29, 1.82) is 0 Å². The molecule has 20 heavy (non-hydrogen) atoms. The van der Waals surface area contributed by atoms with Crippen LogP contribution in [0.2, 0.25) is 0 Å². The second kappa shape index (κ2) is 5.64.